The summed E-state index contributed by atoms with van der Waals surface area (Å²) in [5, 5.41) is 4.82. The van der Waals surface area contributed by atoms with Crippen molar-refractivity contribution in [1.29, 1.82) is 0 Å². The first-order chi connectivity index (χ1) is 17.2. The lowest BCUT2D eigenvalue weighted by Crippen LogP contribution is -2.40. The molecule has 0 radical (unpaired) electrons. The third-order valence-electron chi connectivity index (χ3n) is 6.16. The summed E-state index contributed by atoms with van der Waals surface area (Å²) >= 11 is 1.46. The molecule has 1 unspecified atom stereocenters. The summed E-state index contributed by atoms with van der Waals surface area (Å²) in [5.41, 5.74) is 4.32. The Labute approximate surface area is 209 Å². The molecule has 35 heavy (non-hydrogen) atoms. The van der Waals surface area contributed by atoms with Crippen molar-refractivity contribution in [2.75, 3.05) is 13.2 Å². The van der Waals surface area contributed by atoms with Gasteiger partial charge in [0.25, 0.3) is 11.8 Å². The standard InChI is InChI=1S/C29H26N2O3S/c32-27(30-19-21-8-3-1-4-9-21)20-34-24-14-13-22-15-16-31(29(33)26-12-7-17-35-26)28(25(22)18-24)23-10-5-2-6-11-23/h1-14,17-18,28H,15-16,19-20H2,(H,30,32). The summed E-state index contributed by atoms with van der Waals surface area (Å²) in [6, 6.07) is 29.3. The van der Waals surface area contributed by atoms with E-state index < -0.39 is 0 Å². The van der Waals surface area contributed by atoms with E-state index in [4.69, 9.17) is 4.74 Å². The first-order valence-electron chi connectivity index (χ1n) is 11.6. The van der Waals surface area contributed by atoms with Crippen molar-refractivity contribution in [2.45, 2.75) is 19.0 Å². The molecule has 4 aromatic rings. The monoisotopic (exact) mass is 482 g/mol. The van der Waals surface area contributed by atoms with Gasteiger partial charge in [-0.3, -0.25) is 9.59 Å². The highest BCUT2D eigenvalue weighted by Crippen LogP contribution is 2.38. The van der Waals surface area contributed by atoms with Gasteiger partial charge < -0.3 is 15.0 Å². The van der Waals surface area contributed by atoms with E-state index in [-0.39, 0.29) is 24.5 Å². The number of thiophene rings is 1. The minimum atomic E-state index is -0.218. The zero-order valence-electron chi connectivity index (χ0n) is 19.2. The summed E-state index contributed by atoms with van der Waals surface area (Å²) in [6.07, 6.45) is 0.771. The summed E-state index contributed by atoms with van der Waals surface area (Å²) in [5.74, 6) is 0.469. The Morgan fingerprint density at radius 1 is 0.943 bits per heavy atom. The number of hydrogen-bond acceptors (Lipinski definition) is 4. The molecular formula is C29H26N2O3S. The van der Waals surface area contributed by atoms with Crippen LogP contribution in [0.25, 0.3) is 0 Å². The number of rotatable bonds is 7. The molecule has 2 heterocycles. The minimum absolute atomic E-state index is 0.0334. The summed E-state index contributed by atoms with van der Waals surface area (Å²) in [6.45, 7) is 1.04. The Hall–Kier alpha value is -3.90. The number of carbonyl (C=O) groups is 2. The Kier molecular flexibility index (Phi) is 6.91. The van der Waals surface area contributed by atoms with Gasteiger partial charge in [0, 0.05) is 13.1 Å². The largest absolute Gasteiger partial charge is 0.484 e. The van der Waals surface area contributed by atoms with Crippen LogP contribution in [0.3, 0.4) is 0 Å². The van der Waals surface area contributed by atoms with Crippen molar-refractivity contribution in [1.82, 2.24) is 10.2 Å². The Balaban J connectivity index is 1.35. The molecule has 1 N–H and O–H groups in total. The number of nitrogens with zero attached hydrogens (tertiary/aromatic N) is 1. The van der Waals surface area contributed by atoms with Crippen LogP contribution in [0.5, 0.6) is 5.75 Å². The second-order valence-corrected chi connectivity index (χ2v) is 9.40. The van der Waals surface area contributed by atoms with Crippen molar-refractivity contribution in [2.24, 2.45) is 0 Å². The smallest absolute Gasteiger partial charge is 0.264 e. The van der Waals surface area contributed by atoms with Crippen LogP contribution in [0.4, 0.5) is 0 Å². The summed E-state index contributed by atoms with van der Waals surface area (Å²) in [4.78, 5) is 28.4. The molecule has 0 spiro atoms. The molecule has 0 bridgehead atoms. The van der Waals surface area contributed by atoms with Gasteiger partial charge in [-0.15, -0.1) is 11.3 Å². The average Bonchev–Trinajstić information content (AvgIpc) is 3.46. The predicted octanol–water partition coefficient (Wildman–Crippen LogP) is 5.23. The topological polar surface area (TPSA) is 58.6 Å². The van der Waals surface area contributed by atoms with Gasteiger partial charge in [-0.2, -0.15) is 0 Å². The summed E-state index contributed by atoms with van der Waals surface area (Å²) < 4.78 is 5.86. The van der Waals surface area contributed by atoms with Gasteiger partial charge in [0.15, 0.2) is 6.61 Å². The normalized spacial score (nSPS) is 14.7. The van der Waals surface area contributed by atoms with E-state index in [1.54, 1.807) is 0 Å². The molecule has 1 aliphatic rings. The molecule has 5 nitrogen and oxygen atoms in total. The van der Waals surface area contributed by atoms with Crippen molar-refractivity contribution in [3.63, 3.8) is 0 Å². The van der Waals surface area contributed by atoms with Crippen molar-refractivity contribution >= 4 is 23.2 Å². The minimum Gasteiger partial charge on any atom is -0.484 e. The van der Waals surface area contributed by atoms with Gasteiger partial charge in [-0.05, 0) is 52.3 Å². The van der Waals surface area contributed by atoms with Crippen LogP contribution in [-0.4, -0.2) is 29.9 Å². The molecule has 0 aliphatic carbocycles. The molecule has 0 saturated carbocycles. The fourth-order valence-electron chi connectivity index (χ4n) is 4.43. The molecule has 1 aromatic heterocycles. The van der Waals surface area contributed by atoms with E-state index in [0.29, 0.717) is 18.8 Å². The Morgan fingerprint density at radius 3 is 2.46 bits per heavy atom. The van der Waals surface area contributed by atoms with Gasteiger partial charge in [-0.1, -0.05) is 72.8 Å². The number of ether oxygens (including phenoxy) is 1. The van der Waals surface area contributed by atoms with Crippen LogP contribution >= 0.6 is 11.3 Å². The zero-order valence-corrected chi connectivity index (χ0v) is 20.0. The number of amides is 2. The molecular weight excluding hydrogens is 456 g/mol. The van der Waals surface area contributed by atoms with E-state index >= 15 is 0 Å². The van der Waals surface area contributed by atoms with E-state index in [9.17, 15) is 9.59 Å². The number of benzene rings is 3. The van der Waals surface area contributed by atoms with Crippen LogP contribution in [0.2, 0.25) is 0 Å². The second-order valence-electron chi connectivity index (χ2n) is 8.45. The molecule has 5 rings (SSSR count). The van der Waals surface area contributed by atoms with Crippen LogP contribution in [0.15, 0.2) is 96.4 Å². The van der Waals surface area contributed by atoms with Gasteiger partial charge in [0.2, 0.25) is 0 Å². The molecule has 1 aliphatic heterocycles. The first-order valence-corrected chi connectivity index (χ1v) is 12.5. The van der Waals surface area contributed by atoms with Crippen LogP contribution in [-0.2, 0) is 17.8 Å². The van der Waals surface area contributed by atoms with Crippen molar-refractivity contribution in [3.05, 3.63) is 124 Å². The average molecular weight is 483 g/mol. The molecule has 2 amide bonds. The lowest BCUT2D eigenvalue weighted by molar-refractivity contribution is -0.123. The maximum atomic E-state index is 13.4. The third-order valence-corrected chi connectivity index (χ3v) is 7.01. The first kappa shape index (κ1) is 22.9. The van der Waals surface area contributed by atoms with Crippen LogP contribution in [0, 0.1) is 0 Å². The molecule has 0 saturated heterocycles. The second kappa shape index (κ2) is 10.6. The lowest BCUT2D eigenvalue weighted by atomic mass is 9.88. The van der Waals surface area contributed by atoms with Crippen molar-refractivity contribution in [3.8, 4) is 5.75 Å². The van der Waals surface area contributed by atoms with Gasteiger partial charge in [0.1, 0.15) is 5.75 Å². The predicted molar refractivity (Wildman–Crippen MR) is 138 cm³/mol. The SMILES string of the molecule is O=C(COc1ccc2c(c1)C(c1ccccc1)N(C(=O)c1cccs1)CC2)NCc1ccccc1. The third kappa shape index (κ3) is 5.28. The van der Waals surface area contributed by atoms with Gasteiger partial charge in [0.05, 0.1) is 10.9 Å². The fraction of sp³-hybridized carbons (Fsp3) is 0.172. The van der Waals surface area contributed by atoms with Crippen LogP contribution in [0.1, 0.15) is 38.0 Å². The molecule has 176 valence electrons. The van der Waals surface area contributed by atoms with Crippen molar-refractivity contribution < 1.29 is 14.3 Å². The molecule has 6 heteroatoms. The lowest BCUT2D eigenvalue weighted by Gasteiger charge is -2.37. The quantitative estimate of drug-likeness (QED) is 0.392. The highest BCUT2D eigenvalue weighted by atomic mass is 32.1. The zero-order chi connectivity index (χ0) is 24.0. The van der Waals surface area contributed by atoms with E-state index in [0.717, 1.165) is 28.0 Å². The van der Waals surface area contributed by atoms with E-state index in [2.05, 4.69) is 23.5 Å². The van der Waals surface area contributed by atoms with E-state index in [1.165, 1.54) is 16.9 Å². The molecule has 1 atom stereocenters. The highest BCUT2D eigenvalue weighted by molar-refractivity contribution is 7.12. The maximum Gasteiger partial charge on any atom is 0.264 e. The van der Waals surface area contributed by atoms with Crippen LogP contribution < -0.4 is 10.1 Å². The molecule has 3 aromatic carbocycles. The molecule has 0 fully saturated rings. The summed E-state index contributed by atoms with van der Waals surface area (Å²) in [7, 11) is 0. The van der Waals surface area contributed by atoms with E-state index in [1.807, 2.05) is 83.1 Å². The fourth-order valence-corrected chi connectivity index (χ4v) is 5.11. The Bertz CT molecular complexity index is 1290. The maximum absolute atomic E-state index is 13.4. The number of fused-ring (bicyclic) bond motifs is 1. The highest BCUT2D eigenvalue weighted by Gasteiger charge is 2.33. The van der Waals surface area contributed by atoms with Gasteiger partial charge in [-0.25, -0.2) is 0 Å². The number of hydrogen-bond donors (Lipinski definition) is 1. The number of nitrogens with one attached hydrogen (secondary N) is 1. The Morgan fingerprint density at radius 2 is 1.71 bits per heavy atom. The number of carbonyl (C=O) groups excluding carboxylic acids is 2. The van der Waals surface area contributed by atoms with Gasteiger partial charge >= 0.3 is 0 Å².